The number of hydrogen-bond acceptors (Lipinski definition) is 5. The van der Waals surface area contributed by atoms with Crippen molar-refractivity contribution < 1.29 is 4.39 Å². The van der Waals surface area contributed by atoms with Crippen molar-refractivity contribution >= 4 is 34.3 Å². The summed E-state index contributed by atoms with van der Waals surface area (Å²) in [5, 5.41) is 4.41. The van der Waals surface area contributed by atoms with Gasteiger partial charge >= 0.3 is 0 Å². The fraction of sp³-hybridized carbons (Fsp3) is 0.500. The molecule has 6 nitrogen and oxygen atoms in total. The van der Waals surface area contributed by atoms with E-state index in [1.165, 1.54) is 70.2 Å². The van der Waals surface area contributed by atoms with Gasteiger partial charge in [0, 0.05) is 57.5 Å². The van der Waals surface area contributed by atoms with E-state index in [-0.39, 0.29) is 0 Å². The van der Waals surface area contributed by atoms with Crippen molar-refractivity contribution in [1.82, 2.24) is 24.4 Å². The van der Waals surface area contributed by atoms with Gasteiger partial charge in [-0.1, -0.05) is 70.5 Å². The van der Waals surface area contributed by atoms with Crippen LogP contribution in [-0.2, 0) is 6.42 Å². The van der Waals surface area contributed by atoms with Crippen LogP contribution in [0.4, 0.5) is 16.0 Å². The SMILES string of the molecule is CCCCCN(C)CCC.CCc1ccc(-c2cn(C3CCCCC3)c3nc(Nc4cc(F)cc(Cl)c4)ncc23)cn1. The molecule has 1 aromatic carbocycles. The zero-order valence-corrected chi connectivity index (χ0v) is 26.4. The van der Waals surface area contributed by atoms with Gasteiger partial charge in [0.25, 0.3) is 0 Å². The number of unbranched alkanes of at least 4 members (excludes halogenated alkanes) is 2. The maximum absolute atomic E-state index is 13.8. The van der Waals surface area contributed by atoms with Crippen LogP contribution in [0.1, 0.15) is 90.3 Å². The van der Waals surface area contributed by atoms with E-state index >= 15 is 0 Å². The summed E-state index contributed by atoms with van der Waals surface area (Å²) in [4.78, 5) is 16.4. The van der Waals surface area contributed by atoms with E-state index in [9.17, 15) is 4.39 Å². The summed E-state index contributed by atoms with van der Waals surface area (Å²) in [7, 11) is 2.21. The number of nitrogens with zero attached hydrogens (tertiary/aromatic N) is 5. The lowest BCUT2D eigenvalue weighted by molar-refractivity contribution is 0.326. The van der Waals surface area contributed by atoms with Crippen LogP contribution in [0.25, 0.3) is 22.2 Å². The maximum atomic E-state index is 13.8. The van der Waals surface area contributed by atoms with Crippen LogP contribution >= 0.6 is 11.6 Å². The number of rotatable bonds is 11. The van der Waals surface area contributed by atoms with Gasteiger partial charge < -0.3 is 14.8 Å². The van der Waals surface area contributed by atoms with Gasteiger partial charge in [0.05, 0.1) is 0 Å². The van der Waals surface area contributed by atoms with Gasteiger partial charge in [-0.05, 0) is 76.5 Å². The number of nitrogens with one attached hydrogen (secondary N) is 1. The molecule has 0 aliphatic heterocycles. The molecule has 1 aliphatic carbocycles. The van der Waals surface area contributed by atoms with Crippen molar-refractivity contribution in [1.29, 1.82) is 0 Å². The molecule has 0 radical (unpaired) electrons. The van der Waals surface area contributed by atoms with E-state index < -0.39 is 5.82 Å². The number of anilines is 2. The molecule has 0 spiro atoms. The molecule has 42 heavy (non-hydrogen) atoms. The predicted octanol–water partition coefficient (Wildman–Crippen LogP) is 9.62. The third-order valence-electron chi connectivity index (χ3n) is 7.91. The number of aryl methyl sites for hydroxylation is 1. The smallest absolute Gasteiger partial charge is 0.229 e. The Hall–Kier alpha value is -3.03. The quantitative estimate of drug-likeness (QED) is 0.176. The lowest BCUT2D eigenvalue weighted by atomic mass is 9.95. The van der Waals surface area contributed by atoms with Gasteiger partial charge in [0.1, 0.15) is 11.5 Å². The molecule has 0 bridgehead atoms. The standard InChI is InChI=1S/C25H25ClFN5.C9H21N/c1-2-19-9-8-16(13-28-19)23-15-32(21-6-4-3-5-7-21)24-22(23)14-29-25(31-24)30-20-11-17(26)10-18(27)12-20;1-4-6-7-9-10(3)8-5-2/h8-15,21H,2-7H2,1H3,(H,29,30,31);4-9H2,1-3H3. The molecule has 3 aromatic heterocycles. The molecule has 226 valence electrons. The number of aromatic nitrogens is 4. The minimum absolute atomic E-state index is 0.324. The highest BCUT2D eigenvalue weighted by molar-refractivity contribution is 6.30. The van der Waals surface area contributed by atoms with Crippen LogP contribution in [0.3, 0.4) is 0 Å². The molecule has 1 saturated carbocycles. The highest BCUT2D eigenvalue weighted by Crippen LogP contribution is 2.36. The lowest BCUT2D eigenvalue weighted by Gasteiger charge is -2.23. The summed E-state index contributed by atoms with van der Waals surface area (Å²) in [5.74, 6) is 0.0114. The first-order valence-corrected chi connectivity index (χ1v) is 16.0. The van der Waals surface area contributed by atoms with Crippen molar-refractivity contribution in [3.05, 3.63) is 65.5 Å². The summed E-state index contributed by atoms with van der Waals surface area (Å²) in [5.41, 5.74) is 4.61. The number of fused-ring (bicyclic) bond motifs is 1. The highest BCUT2D eigenvalue weighted by Gasteiger charge is 2.21. The van der Waals surface area contributed by atoms with E-state index in [4.69, 9.17) is 16.6 Å². The van der Waals surface area contributed by atoms with Gasteiger partial charge in [-0.3, -0.25) is 4.98 Å². The third kappa shape index (κ3) is 8.74. The van der Waals surface area contributed by atoms with Crippen LogP contribution in [-0.4, -0.2) is 44.6 Å². The predicted molar refractivity (Wildman–Crippen MR) is 174 cm³/mol. The Morgan fingerprint density at radius 2 is 1.79 bits per heavy atom. The Balaban J connectivity index is 0.000000349. The molecule has 0 amide bonds. The molecule has 0 saturated heterocycles. The van der Waals surface area contributed by atoms with Crippen molar-refractivity contribution in [2.45, 2.75) is 91.0 Å². The zero-order valence-electron chi connectivity index (χ0n) is 25.7. The lowest BCUT2D eigenvalue weighted by Crippen LogP contribution is -2.20. The fourth-order valence-electron chi connectivity index (χ4n) is 5.63. The third-order valence-corrected chi connectivity index (χ3v) is 8.12. The van der Waals surface area contributed by atoms with Crippen molar-refractivity contribution in [3.8, 4) is 11.1 Å². The molecule has 5 rings (SSSR count). The Kier molecular flexibility index (Phi) is 12.1. The fourth-order valence-corrected chi connectivity index (χ4v) is 5.85. The van der Waals surface area contributed by atoms with E-state index in [0.717, 1.165) is 47.1 Å². The molecule has 1 N–H and O–H groups in total. The van der Waals surface area contributed by atoms with Gasteiger partial charge in [-0.25, -0.2) is 9.37 Å². The molecule has 1 fully saturated rings. The van der Waals surface area contributed by atoms with Crippen LogP contribution in [0.15, 0.2) is 48.9 Å². The summed E-state index contributed by atoms with van der Waals surface area (Å²) in [6.45, 7) is 9.12. The first kappa shape index (κ1) is 31.9. The Morgan fingerprint density at radius 1 is 0.976 bits per heavy atom. The van der Waals surface area contributed by atoms with Gasteiger partial charge in [0.2, 0.25) is 5.95 Å². The van der Waals surface area contributed by atoms with Crippen molar-refractivity contribution in [3.63, 3.8) is 0 Å². The molecule has 1 aliphatic rings. The minimum Gasteiger partial charge on any atom is -0.329 e. The van der Waals surface area contributed by atoms with E-state index in [2.05, 4.69) is 70.9 Å². The highest BCUT2D eigenvalue weighted by atomic mass is 35.5. The van der Waals surface area contributed by atoms with Crippen molar-refractivity contribution in [2.24, 2.45) is 0 Å². The summed E-state index contributed by atoms with van der Waals surface area (Å²) < 4.78 is 16.1. The number of pyridine rings is 1. The largest absolute Gasteiger partial charge is 0.329 e. The second kappa shape index (κ2) is 16.0. The summed E-state index contributed by atoms with van der Waals surface area (Å²) >= 11 is 6.00. The topological polar surface area (TPSA) is 58.9 Å². The minimum atomic E-state index is -0.406. The Labute approximate surface area is 255 Å². The number of benzene rings is 1. The molecular weight excluding hydrogens is 547 g/mol. The molecule has 0 atom stereocenters. The van der Waals surface area contributed by atoms with Crippen LogP contribution in [0.2, 0.25) is 5.02 Å². The van der Waals surface area contributed by atoms with Crippen LogP contribution in [0, 0.1) is 5.82 Å². The second-order valence-corrected chi connectivity index (χ2v) is 11.8. The van der Waals surface area contributed by atoms with Crippen LogP contribution < -0.4 is 5.32 Å². The van der Waals surface area contributed by atoms with E-state index in [1.807, 2.05) is 12.4 Å². The van der Waals surface area contributed by atoms with Gasteiger partial charge in [0.15, 0.2) is 0 Å². The monoisotopic (exact) mass is 592 g/mol. The number of hydrogen-bond donors (Lipinski definition) is 1. The average Bonchev–Trinajstić information content (AvgIpc) is 3.37. The van der Waals surface area contributed by atoms with E-state index in [1.54, 1.807) is 6.07 Å². The average molecular weight is 593 g/mol. The first-order valence-electron chi connectivity index (χ1n) is 15.7. The molecule has 0 unspecified atom stereocenters. The first-order chi connectivity index (χ1) is 20.4. The van der Waals surface area contributed by atoms with E-state index in [0.29, 0.717) is 22.7 Å². The molecule has 3 heterocycles. The van der Waals surface area contributed by atoms with Gasteiger partial charge in [-0.15, -0.1) is 0 Å². The van der Waals surface area contributed by atoms with Crippen LogP contribution in [0.5, 0.6) is 0 Å². The Bertz CT molecular complexity index is 1380. The number of halogens is 2. The summed E-state index contributed by atoms with van der Waals surface area (Å²) in [6, 6.07) is 8.91. The summed E-state index contributed by atoms with van der Waals surface area (Å²) in [6.07, 6.45) is 18.3. The second-order valence-electron chi connectivity index (χ2n) is 11.4. The van der Waals surface area contributed by atoms with Crippen molar-refractivity contribution in [2.75, 3.05) is 25.5 Å². The normalized spacial score (nSPS) is 13.8. The van der Waals surface area contributed by atoms with Gasteiger partial charge in [-0.2, -0.15) is 4.98 Å². The molecule has 8 heteroatoms. The Morgan fingerprint density at radius 3 is 2.45 bits per heavy atom. The maximum Gasteiger partial charge on any atom is 0.229 e. The zero-order chi connectivity index (χ0) is 29.9. The molecular formula is C34H46ClFN6. The molecule has 4 aromatic rings.